The molecule has 0 spiro atoms. The number of ether oxygens (including phenoxy) is 2. The number of hydrogen-bond acceptors (Lipinski definition) is 5. The Morgan fingerprint density at radius 2 is 2.00 bits per heavy atom. The average Bonchev–Trinajstić information content (AvgIpc) is 2.99. The summed E-state index contributed by atoms with van der Waals surface area (Å²) in [5.41, 5.74) is 0.738. The minimum atomic E-state index is 0.651. The number of imidazole rings is 1. The molecule has 2 aromatic heterocycles. The van der Waals surface area contributed by atoms with Crippen LogP contribution in [-0.2, 0) is 0 Å². The van der Waals surface area contributed by atoms with E-state index >= 15 is 0 Å². The quantitative estimate of drug-likeness (QED) is 0.715. The van der Waals surface area contributed by atoms with Gasteiger partial charge in [0.1, 0.15) is 35.5 Å². The van der Waals surface area contributed by atoms with E-state index in [2.05, 4.69) is 15.0 Å². The zero-order valence-corrected chi connectivity index (χ0v) is 10.6. The summed E-state index contributed by atoms with van der Waals surface area (Å²) in [6.07, 6.45) is 6.72. The van der Waals surface area contributed by atoms with E-state index in [9.17, 15) is 0 Å². The van der Waals surface area contributed by atoms with Crippen molar-refractivity contribution in [2.75, 3.05) is 14.2 Å². The smallest absolute Gasteiger partial charge is 0.149 e. The van der Waals surface area contributed by atoms with E-state index in [1.165, 1.54) is 6.33 Å². The number of methoxy groups -OCH3 is 2. The molecule has 0 atom stereocenters. The second-order valence-electron chi connectivity index (χ2n) is 3.89. The van der Waals surface area contributed by atoms with Crippen molar-refractivity contribution in [3.63, 3.8) is 0 Å². The Bertz CT molecular complexity index is 710. The fourth-order valence-corrected chi connectivity index (χ4v) is 1.96. The molecule has 0 N–H and O–H groups in total. The van der Waals surface area contributed by atoms with Gasteiger partial charge in [0.25, 0.3) is 0 Å². The van der Waals surface area contributed by atoms with Gasteiger partial charge in [-0.3, -0.25) is 4.57 Å². The molecular weight excluding hydrogens is 244 g/mol. The van der Waals surface area contributed by atoms with Crippen LogP contribution < -0.4 is 9.47 Å². The maximum Gasteiger partial charge on any atom is 0.149 e. The number of fused-ring (bicyclic) bond motifs is 1. The Hall–Kier alpha value is -2.63. The van der Waals surface area contributed by atoms with E-state index in [1.807, 2.05) is 16.8 Å². The summed E-state index contributed by atoms with van der Waals surface area (Å²) in [5, 5.41) is 0.844. The minimum Gasteiger partial charge on any atom is -0.497 e. The maximum absolute atomic E-state index is 5.35. The third-order valence-electron chi connectivity index (χ3n) is 2.86. The summed E-state index contributed by atoms with van der Waals surface area (Å²) in [5.74, 6) is 2.08. The van der Waals surface area contributed by atoms with Gasteiger partial charge in [0.15, 0.2) is 0 Å². The van der Waals surface area contributed by atoms with Crippen LogP contribution in [0.2, 0.25) is 0 Å². The average molecular weight is 256 g/mol. The number of nitrogens with zero attached hydrogens (tertiary/aromatic N) is 4. The monoisotopic (exact) mass is 256 g/mol. The minimum absolute atomic E-state index is 0.651. The molecule has 0 aliphatic rings. The molecule has 0 fully saturated rings. The fraction of sp³-hybridized carbons (Fsp3) is 0.154. The van der Waals surface area contributed by atoms with Crippen molar-refractivity contribution in [3.8, 4) is 17.3 Å². The Labute approximate surface area is 109 Å². The topological polar surface area (TPSA) is 62.1 Å². The molecule has 19 heavy (non-hydrogen) atoms. The Kier molecular flexibility index (Phi) is 2.75. The molecule has 6 heteroatoms. The second-order valence-corrected chi connectivity index (χ2v) is 3.89. The highest BCUT2D eigenvalue weighted by Crippen LogP contribution is 2.31. The molecule has 3 rings (SSSR count). The third kappa shape index (κ3) is 1.87. The van der Waals surface area contributed by atoms with Gasteiger partial charge in [0.2, 0.25) is 0 Å². The van der Waals surface area contributed by atoms with Crippen molar-refractivity contribution in [1.82, 2.24) is 19.5 Å². The highest BCUT2D eigenvalue weighted by Gasteiger charge is 2.12. The summed E-state index contributed by atoms with van der Waals surface area (Å²) < 4.78 is 12.4. The van der Waals surface area contributed by atoms with Crippen LogP contribution in [-0.4, -0.2) is 33.7 Å². The summed E-state index contributed by atoms with van der Waals surface area (Å²) in [6.45, 7) is 0. The van der Waals surface area contributed by atoms with Crippen molar-refractivity contribution in [2.45, 2.75) is 0 Å². The standard InChI is InChI=1S/C13H12N4O2/c1-18-9-5-10-12(11(6-9)19-2)15-7-16-13(10)17-4-3-14-8-17/h3-8H,1-2H3. The molecule has 0 aliphatic heterocycles. The lowest BCUT2D eigenvalue weighted by Crippen LogP contribution is -1.99. The van der Waals surface area contributed by atoms with Gasteiger partial charge in [0, 0.05) is 18.5 Å². The van der Waals surface area contributed by atoms with E-state index in [0.717, 1.165) is 16.7 Å². The molecule has 0 saturated carbocycles. The van der Waals surface area contributed by atoms with Gasteiger partial charge in [-0.05, 0) is 6.07 Å². The fourth-order valence-electron chi connectivity index (χ4n) is 1.96. The lowest BCUT2D eigenvalue weighted by atomic mass is 10.2. The SMILES string of the molecule is COc1cc(OC)c2ncnc(-n3ccnc3)c2c1. The lowest BCUT2D eigenvalue weighted by Gasteiger charge is -2.10. The first kappa shape index (κ1) is 11.5. The molecule has 3 aromatic rings. The Morgan fingerprint density at radius 3 is 2.68 bits per heavy atom. The Morgan fingerprint density at radius 1 is 1.11 bits per heavy atom. The molecule has 0 saturated heterocycles. The van der Waals surface area contributed by atoms with Crippen molar-refractivity contribution < 1.29 is 9.47 Å². The molecule has 0 bridgehead atoms. The number of rotatable bonds is 3. The molecule has 96 valence electrons. The zero-order valence-electron chi connectivity index (χ0n) is 10.6. The summed E-state index contributed by atoms with van der Waals surface area (Å²) in [7, 11) is 3.22. The molecule has 2 heterocycles. The van der Waals surface area contributed by atoms with E-state index in [0.29, 0.717) is 11.5 Å². The van der Waals surface area contributed by atoms with Crippen LogP contribution in [0.5, 0.6) is 11.5 Å². The zero-order chi connectivity index (χ0) is 13.2. The number of aromatic nitrogens is 4. The van der Waals surface area contributed by atoms with Crippen LogP contribution >= 0.6 is 0 Å². The molecule has 0 aliphatic carbocycles. The maximum atomic E-state index is 5.35. The van der Waals surface area contributed by atoms with Gasteiger partial charge in [-0.1, -0.05) is 0 Å². The molecule has 0 amide bonds. The van der Waals surface area contributed by atoms with Crippen molar-refractivity contribution >= 4 is 10.9 Å². The first-order valence-corrected chi connectivity index (χ1v) is 5.68. The molecule has 6 nitrogen and oxygen atoms in total. The predicted octanol–water partition coefficient (Wildman–Crippen LogP) is 1.83. The number of benzene rings is 1. The van der Waals surface area contributed by atoms with Crippen molar-refractivity contribution in [3.05, 3.63) is 37.2 Å². The van der Waals surface area contributed by atoms with Crippen LogP contribution in [0.25, 0.3) is 16.7 Å². The van der Waals surface area contributed by atoms with E-state index in [1.54, 1.807) is 32.8 Å². The lowest BCUT2D eigenvalue weighted by molar-refractivity contribution is 0.397. The van der Waals surface area contributed by atoms with Crippen LogP contribution in [0.1, 0.15) is 0 Å². The molecular formula is C13H12N4O2. The Balaban J connectivity index is 2.35. The van der Waals surface area contributed by atoms with Crippen LogP contribution in [0.4, 0.5) is 0 Å². The van der Waals surface area contributed by atoms with E-state index in [-0.39, 0.29) is 0 Å². The van der Waals surface area contributed by atoms with Gasteiger partial charge in [0.05, 0.1) is 19.6 Å². The summed E-state index contributed by atoms with van der Waals surface area (Å²) in [4.78, 5) is 12.6. The highest BCUT2D eigenvalue weighted by atomic mass is 16.5. The largest absolute Gasteiger partial charge is 0.497 e. The van der Waals surface area contributed by atoms with E-state index < -0.39 is 0 Å². The third-order valence-corrected chi connectivity index (χ3v) is 2.86. The van der Waals surface area contributed by atoms with Gasteiger partial charge in [-0.15, -0.1) is 0 Å². The van der Waals surface area contributed by atoms with Gasteiger partial charge in [-0.2, -0.15) is 0 Å². The van der Waals surface area contributed by atoms with Crippen molar-refractivity contribution in [2.24, 2.45) is 0 Å². The van der Waals surface area contributed by atoms with Crippen LogP contribution in [0, 0.1) is 0 Å². The first-order valence-electron chi connectivity index (χ1n) is 5.68. The molecule has 0 unspecified atom stereocenters. The summed E-state index contributed by atoms with van der Waals surface area (Å²) in [6, 6.07) is 3.68. The first-order chi connectivity index (χ1) is 9.33. The normalized spacial score (nSPS) is 10.6. The second kappa shape index (κ2) is 4.56. The van der Waals surface area contributed by atoms with Gasteiger partial charge in [-0.25, -0.2) is 15.0 Å². The molecule has 0 radical (unpaired) electrons. The number of hydrogen-bond donors (Lipinski definition) is 0. The van der Waals surface area contributed by atoms with Crippen LogP contribution in [0.3, 0.4) is 0 Å². The predicted molar refractivity (Wildman–Crippen MR) is 69.8 cm³/mol. The van der Waals surface area contributed by atoms with Crippen molar-refractivity contribution in [1.29, 1.82) is 0 Å². The summed E-state index contributed by atoms with van der Waals surface area (Å²) >= 11 is 0. The van der Waals surface area contributed by atoms with Crippen LogP contribution in [0.15, 0.2) is 37.2 Å². The molecule has 1 aromatic carbocycles. The highest BCUT2D eigenvalue weighted by molar-refractivity contribution is 5.91. The van der Waals surface area contributed by atoms with E-state index in [4.69, 9.17) is 9.47 Å². The van der Waals surface area contributed by atoms with Gasteiger partial charge >= 0.3 is 0 Å². The van der Waals surface area contributed by atoms with Gasteiger partial charge < -0.3 is 9.47 Å².